The van der Waals surface area contributed by atoms with Crippen molar-refractivity contribution < 1.29 is 9.18 Å². The molecule has 0 saturated carbocycles. The Kier molecular flexibility index (Phi) is 3.15. The summed E-state index contributed by atoms with van der Waals surface area (Å²) in [5, 5.41) is 0. The van der Waals surface area contributed by atoms with E-state index in [1.54, 1.807) is 6.08 Å². The van der Waals surface area contributed by atoms with E-state index in [2.05, 4.69) is 6.58 Å². The van der Waals surface area contributed by atoms with Gasteiger partial charge in [0, 0.05) is 0 Å². The van der Waals surface area contributed by atoms with E-state index in [0.717, 1.165) is 11.6 Å². The minimum Gasteiger partial charge on any atom is -0.287 e. The molecule has 1 rings (SSSR count). The molecule has 0 unspecified atom stereocenters. The van der Waals surface area contributed by atoms with Crippen LogP contribution < -0.4 is 0 Å². The zero-order valence-electron chi connectivity index (χ0n) is 7.03. The second kappa shape index (κ2) is 4.36. The monoisotopic (exact) mass is 176 g/mol. The number of ketones is 1. The predicted molar refractivity (Wildman–Crippen MR) is 50.7 cm³/mol. The number of carbonyl (C=O) groups excluding carboxylic acids is 1. The van der Waals surface area contributed by atoms with Crippen molar-refractivity contribution in [3.63, 3.8) is 0 Å². The van der Waals surface area contributed by atoms with Gasteiger partial charge in [0.25, 0.3) is 0 Å². The minimum atomic E-state index is -0.938. The van der Waals surface area contributed by atoms with E-state index >= 15 is 0 Å². The van der Waals surface area contributed by atoms with Crippen molar-refractivity contribution in [3.8, 4) is 0 Å². The standard InChI is InChI=1S/C11H9FO/c1-9(12)11(13)8-7-10-5-3-2-4-6-10/h2-8H,1H2/b8-7+. The van der Waals surface area contributed by atoms with E-state index < -0.39 is 11.6 Å². The number of hydrogen-bond donors (Lipinski definition) is 0. The van der Waals surface area contributed by atoms with Gasteiger partial charge in [-0.3, -0.25) is 4.79 Å². The molecule has 0 aliphatic rings. The molecule has 1 nitrogen and oxygen atoms in total. The van der Waals surface area contributed by atoms with Crippen molar-refractivity contribution in [2.24, 2.45) is 0 Å². The molecule has 0 heterocycles. The van der Waals surface area contributed by atoms with Gasteiger partial charge in [-0.15, -0.1) is 0 Å². The maximum atomic E-state index is 12.2. The lowest BCUT2D eigenvalue weighted by Gasteiger charge is -1.90. The van der Waals surface area contributed by atoms with Gasteiger partial charge in [-0.05, 0) is 11.6 Å². The van der Waals surface area contributed by atoms with E-state index in [9.17, 15) is 9.18 Å². The van der Waals surface area contributed by atoms with Crippen molar-refractivity contribution in [2.45, 2.75) is 0 Å². The molecule has 1 aromatic carbocycles. The fourth-order valence-corrected chi connectivity index (χ4v) is 0.826. The lowest BCUT2D eigenvalue weighted by Crippen LogP contribution is -1.89. The van der Waals surface area contributed by atoms with Crippen LogP contribution in [0.3, 0.4) is 0 Å². The zero-order valence-corrected chi connectivity index (χ0v) is 7.03. The summed E-state index contributed by atoms with van der Waals surface area (Å²) in [6.07, 6.45) is 2.71. The third kappa shape index (κ3) is 3.03. The molecule has 0 aliphatic heterocycles. The first-order valence-corrected chi connectivity index (χ1v) is 3.82. The molecule has 0 amide bonds. The highest BCUT2D eigenvalue weighted by molar-refractivity contribution is 6.04. The fraction of sp³-hybridized carbons (Fsp3) is 0. The third-order valence-electron chi connectivity index (χ3n) is 1.49. The van der Waals surface area contributed by atoms with E-state index in [1.165, 1.54) is 0 Å². The van der Waals surface area contributed by atoms with Crippen molar-refractivity contribution in [3.05, 3.63) is 54.4 Å². The Morgan fingerprint density at radius 2 is 1.92 bits per heavy atom. The van der Waals surface area contributed by atoms with Gasteiger partial charge in [0.2, 0.25) is 5.78 Å². The minimum absolute atomic E-state index is 0.691. The first-order chi connectivity index (χ1) is 6.20. The summed E-state index contributed by atoms with van der Waals surface area (Å²) in [7, 11) is 0. The van der Waals surface area contributed by atoms with Crippen molar-refractivity contribution in [1.29, 1.82) is 0 Å². The Bertz CT molecular complexity index is 338. The number of rotatable bonds is 3. The molecular formula is C11H9FO. The van der Waals surface area contributed by atoms with Crippen LogP contribution in [-0.4, -0.2) is 5.78 Å². The Morgan fingerprint density at radius 3 is 2.46 bits per heavy atom. The Morgan fingerprint density at radius 1 is 1.31 bits per heavy atom. The molecule has 0 N–H and O–H groups in total. The second-order valence-electron chi connectivity index (χ2n) is 2.51. The largest absolute Gasteiger partial charge is 0.287 e. The normalized spacial score (nSPS) is 10.2. The molecule has 1 aromatic rings. The SMILES string of the molecule is C=C(F)C(=O)/C=C/c1ccccc1. The molecule has 0 radical (unpaired) electrons. The maximum absolute atomic E-state index is 12.2. The van der Waals surface area contributed by atoms with Crippen LogP contribution in [0.4, 0.5) is 4.39 Å². The van der Waals surface area contributed by atoms with Crippen molar-refractivity contribution >= 4 is 11.9 Å². The first-order valence-electron chi connectivity index (χ1n) is 3.82. The molecular weight excluding hydrogens is 167 g/mol. The van der Waals surface area contributed by atoms with Gasteiger partial charge in [-0.25, -0.2) is 4.39 Å². The average Bonchev–Trinajstić information content (AvgIpc) is 2.15. The summed E-state index contributed by atoms with van der Waals surface area (Å²) in [6, 6.07) is 9.20. The summed E-state index contributed by atoms with van der Waals surface area (Å²) < 4.78 is 12.2. The molecule has 0 fully saturated rings. The zero-order chi connectivity index (χ0) is 9.68. The van der Waals surface area contributed by atoms with Gasteiger partial charge in [0.05, 0.1) is 0 Å². The van der Waals surface area contributed by atoms with Gasteiger partial charge in [0.15, 0.2) is 5.83 Å². The van der Waals surface area contributed by atoms with Crippen LogP contribution in [0.2, 0.25) is 0 Å². The third-order valence-corrected chi connectivity index (χ3v) is 1.49. The molecule has 0 aromatic heterocycles. The smallest absolute Gasteiger partial charge is 0.213 e. The lowest BCUT2D eigenvalue weighted by molar-refractivity contribution is -0.112. The highest BCUT2D eigenvalue weighted by Gasteiger charge is 1.98. The molecule has 0 spiro atoms. The summed E-state index contributed by atoms with van der Waals surface area (Å²) in [4.78, 5) is 10.8. The second-order valence-corrected chi connectivity index (χ2v) is 2.51. The highest BCUT2D eigenvalue weighted by atomic mass is 19.1. The molecule has 0 bridgehead atoms. The predicted octanol–water partition coefficient (Wildman–Crippen LogP) is 2.75. The molecule has 13 heavy (non-hydrogen) atoms. The summed E-state index contributed by atoms with van der Waals surface area (Å²) in [5.74, 6) is -1.63. The van der Waals surface area contributed by atoms with Crippen LogP contribution in [0.15, 0.2) is 48.8 Å². The molecule has 66 valence electrons. The molecule has 2 heteroatoms. The Labute approximate surface area is 76.2 Å². The van der Waals surface area contributed by atoms with Crippen molar-refractivity contribution in [1.82, 2.24) is 0 Å². The number of halogens is 1. The van der Waals surface area contributed by atoms with E-state index in [0.29, 0.717) is 0 Å². The van der Waals surface area contributed by atoms with Crippen LogP contribution in [0, 0.1) is 0 Å². The molecule has 0 atom stereocenters. The van der Waals surface area contributed by atoms with E-state index in [1.807, 2.05) is 30.3 Å². The summed E-state index contributed by atoms with van der Waals surface area (Å²) in [6.45, 7) is 2.90. The van der Waals surface area contributed by atoms with Gasteiger partial charge in [-0.2, -0.15) is 0 Å². The highest BCUT2D eigenvalue weighted by Crippen LogP contribution is 2.03. The molecule has 0 aliphatic carbocycles. The number of hydrogen-bond acceptors (Lipinski definition) is 1. The lowest BCUT2D eigenvalue weighted by atomic mass is 10.2. The van der Waals surface area contributed by atoms with Gasteiger partial charge in [0.1, 0.15) is 0 Å². The Balaban J connectivity index is 2.70. The maximum Gasteiger partial charge on any atom is 0.213 e. The number of allylic oxidation sites excluding steroid dienone is 2. The fourth-order valence-electron chi connectivity index (χ4n) is 0.826. The van der Waals surface area contributed by atoms with Crippen LogP contribution in [0.25, 0.3) is 6.08 Å². The molecule has 0 saturated heterocycles. The first kappa shape index (κ1) is 9.39. The Hall–Kier alpha value is -1.70. The van der Waals surface area contributed by atoms with Crippen molar-refractivity contribution in [2.75, 3.05) is 0 Å². The topological polar surface area (TPSA) is 17.1 Å². The number of carbonyl (C=O) groups is 1. The average molecular weight is 176 g/mol. The van der Waals surface area contributed by atoms with Crippen LogP contribution in [0.5, 0.6) is 0 Å². The summed E-state index contributed by atoms with van der Waals surface area (Å²) in [5.41, 5.74) is 0.858. The summed E-state index contributed by atoms with van der Waals surface area (Å²) >= 11 is 0. The van der Waals surface area contributed by atoms with Gasteiger partial charge >= 0.3 is 0 Å². The quantitative estimate of drug-likeness (QED) is 0.647. The van der Waals surface area contributed by atoms with E-state index in [-0.39, 0.29) is 0 Å². The van der Waals surface area contributed by atoms with Crippen LogP contribution in [0.1, 0.15) is 5.56 Å². The van der Waals surface area contributed by atoms with Crippen LogP contribution >= 0.6 is 0 Å². The number of benzene rings is 1. The van der Waals surface area contributed by atoms with Crippen LogP contribution in [-0.2, 0) is 4.79 Å². The van der Waals surface area contributed by atoms with Gasteiger partial charge in [-0.1, -0.05) is 43.0 Å². The van der Waals surface area contributed by atoms with Gasteiger partial charge < -0.3 is 0 Å². The van der Waals surface area contributed by atoms with E-state index in [4.69, 9.17) is 0 Å².